The number of hydrogen-bond acceptors (Lipinski definition) is 2. The second-order valence-electron chi connectivity index (χ2n) is 5.68. The van der Waals surface area contributed by atoms with Gasteiger partial charge in [0.1, 0.15) is 0 Å². The molecule has 1 fully saturated rings. The highest BCUT2D eigenvalue weighted by Crippen LogP contribution is 2.27. The van der Waals surface area contributed by atoms with Crippen molar-refractivity contribution in [2.24, 2.45) is 10.9 Å². The first-order valence-electron chi connectivity index (χ1n) is 8.25. The molecule has 1 aromatic rings. The van der Waals surface area contributed by atoms with Crippen LogP contribution in [0.25, 0.3) is 0 Å². The predicted molar refractivity (Wildman–Crippen MR) is 95.4 cm³/mol. The van der Waals surface area contributed by atoms with E-state index in [0.717, 1.165) is 43.0 Å². The van der Waals surface area contributed by atoms with Crippen LogP contribution in [-0.2, 0) is 11.3 Å². The molecule has 124 valence electrons. The van der Waals surface area contributed by atoms with Gasteiger partial charge in [-0.3, -0.25) is 4.79 Å². The van der Waals surface area contributed by atoms with E-state index in [1.807, 2.05) is 31.2 Å². The molecule has 2 rings (SSSR count). The highest BCUT2D eigenvalue weighted by atomic mass is 16.1. The minimum atomic E-state index is 0.137. The van der Waals surface area contributed by atoms with Gasteiger partial charge >= 0.3 is 0 Å². The Labute approximate surface area is 138 Å². The van der Waals surface area contributed by atoms with Gasteiger partial charge < -0.3 is 16.0 Å². The van der Waals surface area contributed by atoms with E-state index < -0.39 is 0 Å². The molecule has 0 saturated heterocycles. The Morgan fingerprint density at radius 2 is 2.22 bits per heavy atom. The zero-order chi connectivity index (χ0) is 16.5. The van der Waals surface area contributed by atoms with Gasteiger partial charge in [-0.1, -0.05) is 24.6 Å². The van der Waals surface area contributed by atoms with Gasteiger partial charge in [-0.15, -0.1) is 6.58 Å². The zero-order valence-electron chi connectivity index (χ0n) is 13.8. The summed E-state index contributed by atoms with van der Waals surface area (Å²) in [6.45, 7) is 7.75. The predicted octanol–water partition coefficient (Wildman–Crippen LogP) is 2.67. The van der Waals surface area contributed by atoms with E-state index in [9.17, 15) is 4.79 Å². The summed E-state index contributed by atoms with van der Waals surface area (Å²) in [4.78, 5) is 16.5. The number of rotatable bonds is 7. The summed E-state index contributed by atoms with van der Waals surface area (Å²) in [6.07, 6.45) is 4.98. The summed E-state index contributed by atoms with van der Waals surface area (Å²) in [6, 6.07) is 7.87. The Hall–Kier alpha value is -2.30. The first kappa shape index (κ1) is 17.1. The fourth-order valence-corrected chi connectivity index (χ4v) is 2.34. The minimum Gasteiger partial charge on any atom is -0.357 e. The second-order valence-corrected chi connectivity index (χ2v) is 5.68. The smallest absolute Gasteiger partial charge is 0.227 e. The molecule has 3 N–H and O–H groups in total. The van der Waals surface area contributed by atoms with Crippen LogP contribution in [0, 0.1) is 5.92 Å². The first-order valence-corrected chi connectivity index (χ1v) is 8.25. The number of guanidine groups is 1. The fourth-order valence-electron chi connectivity index (χ4n) is 2.34. The Kier molecular flexibility index (Phi) is 6.66. The normalized spacial score (nSPS) is 14.7. The van der Waals surface area contributed by atoms with E-state index in [2.05, 4.69) is 27.5 Å². The van der Waals surface area contributed by atoms with Crippen molar-refractivity contribution in [3.8, 4) is 0 Å². The van der Waals surface area contributed by atoms with Crippen molar-refractivity contribution in [2.75, 3.05) is 18.4 Å². The van der Waals surface area contributed by atoms with Gasteiger partial charge in [0, 0.05) is 24.7 Å². The lowest BCUT2D eigenvalue weighted by Gasteiger charge is -2.24. The molecule has 1 aliphatic carbocycles. The number of anilines is 1. The first-order chi connectivity index (χ1) is 11.2. The van der Waals surface area contributed by atoms with Crippen molar-refractivity contribution in [1.29, 1.82) is 0 Å². The van der Waals surface area contributed by atoms with Crippen molar-refractivity contribution in [3.63, 3.8) is 0 Å². The molecule has 1 aromatic carbocycles. The molecule has 0 unspecified atom stereocenters. The lowest BCUT2D eigenvalue weighted by atomic mass is 9.85. The van der Waals surface area contributed by atoms with E-state index in [0.29, 0.717) is 13.1 Å². The molecular weight excluding hydrogens is 288 g/mol. The lowest BCUT2D eigenvalue weighted by Crippen LogP contribution is -2.37. The number of aliphatic imine (C=N–C) groups is 1. The monoisotopic (exact) mass is 314 g/mol. The molecule has 0 radical (unpaired) electrons. The van der Waals surface area contributed by atoms with Crippen molar-refractivity contribution in [2.45, 2.75) is 32.7 Å². The Morgan fingerprint density at radius 1 is 1.39 bits per heavy atom. The fraction of sp³-hybridized carbons (Fsp3) is 0.444. The van der Waals surface area contributed by atoms with Crippen LogP contribution in [-0.4, -0.2) is 25.0 Å². The molecule has 5 nitrogen and oxygen atoms in total. The van der Waals surface area contributed by atoms with Gasteiger partial charge in [0.05, 0.1) is 6.54 Å². The highest BCUT2D eigenvalue weighted by molar-refractivity contribution is 5.93. The third-order valence-corrected chi connectivity index (χ3v) is 3.85. The summed E-state index contributed by atoms with van der Waals surface area (Å²) in [5, 5.41) is 9.35. The van der Waals surface area contributed by atoms with Crippen LogP contribution in [0.15, 0.2) is 41.9 Å². The number of benzene rings is 1. The summed E-state index contributed by atoms with van der Waals surface area (Å²) < 4.78 is 0. The summed E-state index contributed by atoms with van der Waals surface area (Å²) >= 11 is 0. The van der Waals surface area contributed by atoms with Crippen LogP contribution in [0.4, 0.5) is 5.69 Å². The van der Waals surface area contributed by atoms with Crippen molar-refractivity contribution in [3.05, 3.63) is 42.5 Å². The van der Waals surface area contributed by atoms with Crippen molar-refractivity contribution < 1.29 is 4.79 Å². The number of amides is 1. The van der Waals surface area contributed by atoms with Crippen LogP contribution < -0.4 is 16.0 Å². The van der Waals surface area contributed by atoms with Crippen molar-refractivity contribution in [1.82, 2.24) is 10.6 Å². The quantitative estimate of drug-likeness (QED) is 0.412. The van der Waals surface area contributed by atoms with Crippen LogP contribution in [0.3, 0.4) is 0 Å². The number of hydrogen-bond donors (Lipinski definition) is 3. The maximum absolute atomic E-state index is 12.0. The van der Waals surface area contributed by atoms with Gasteiger partial charge in [0.15, 0.2) is 5.96 Å². The molecule has 0 atom stereocenters. The van der Waals surface area contributed by atoms with E-state index in [4.69, 9.17) is 0 Å². The van der Waals surface area contributed by atoms with Gasteiger partial charge in [-0.2, -0.15) is 0 Å². The Bertz CT molecular complexity index is 564. The largest absolute Gasteiger partial charge is 0.357 e. The standard InChI is InChI=1S/C18H26N4O/c1-3-11-20-18(19-4-2)21-13-14-7-5-10-16(12-14)22-17(23)15-8-6-9-15/h3,5,7,10,12,15H,1,4,6,8-9,11,13H2,2H3,(H,22,23)(H2,19,20,21). The number of nitrogens with one attached hydrogen (secondary N) is 3. The molecule has 1 saturated carbocycles. The van der Waals surface area contributed by atoms with E-state index in [-0.39, 0.29) is 11.8 Å². The average molecular weight is 314 g/mol. The molecule has 0 aliphatic heterocycles. The molecule has 0 heterocycles. The number of nitrogens with zero attached hydrogens (tertiary/aromatic N) is 1. The molecule has 0 spiro atoms. The summed E-state index contributed by atoms with van der Waals surface area (Å²) in [7, 11) is 0. The van der Waals surface area contributed by atoms with Crippen LogP contribution in [0.2, 0.25) is 0 Å². The van der Waals surface area contributed by atoms with E-state index in [1.165, 1.54) is 0 Å². The SMILES string of the molecule is C=CCNC(=NCc1cccc(NC(=O)C2CCC2)c1)NCC. The van der Waals surface area contributed by atoms with Gasteiger partial charge in [0.2, 0.25) is 5.91 Å². The second kappa shape index (κ2) is 8.98. The van der Waals surface area contributed by atoms with Crippen LogP contribution in [0.5, 0.6) is 0 Å². The maximum atomic E-state index is 12.0. The Morgan fingerprint density at radius 3 is 2.87 bits per heavy atom. The summed E-state index contributed by atoms with van der Waals surface area (Å²) in [5.74, 6) is 1.09. The van der Waals surface area contributed by atoms with Crippen LogP contribution >= 0.6 is 0 Å². The molecule has 23 heavy (non-hydrogen) atoms. The molecule has 1 amide bonds. The summed E-state index contributed by atoms with van der Waals surface area (Å²) in [5.41, 5.74) is 1.91. The highest BCUT2D eigenvalue weighted by Gasteiger charge is 2.25. The van der Waals surface area contributed by atoms with Crippen LogP contribution in [0.1, 0.15) is 31.7 Å². The van der Waals surface area contributed by atoms with E-state index >= 15 is 0 Å². The molecule has 0 bridgehead atoms. The van der Waals surface area contributed by atoms with Gasteiger partial charge in [-0.25, -0.2) is 4.99 Å². The zero-order valence-corrected chi connectivity index (χ0v) is 13.8. The third kappa shape index (κ3) is 5.43. The number of carbonyl (C=O) groups excluding carboxylic acids is 1. The number of carbonyl (C=O) groups is 1. The third-order valence-electron chi connectivity index (χ3n) is 3.85. The van der Waals surface area contributed by atoms with Gasteiger partial charge in [0.25, 0.3) is 0 Å². The molecular formula is C18H26N4O. The van der Waals surface area contributed by atoms with Gasteiger partial charge in [-0.05, 0) is 37.5 Å². The molecule has 0 aromatic heterocycles. The molecule has 1 aliphatic rings. The minimum absolute atomic E-state index is 0.137. The maximum Gasteiger partial charge on any atom is 0.227 e. The topological polar surface area (TPSA) is 65.5 Å². The Balaban J connectivity index is 1.94. The lowest BCUT2D eigenvalue weighted by molar-refractivity contribution is -0.122. The van der Waals surface area contributed by atoms with Crippen molar-refractivity contribution >= 4 is 17.6 Å². The average Bonchev–Trinajstić information content (AvgIpc) is 2.48. The van der Waals surface area contributed by atoms with E-state index in [1.54, 1.807) is 6.08 Å². The molecule has 5 heteroatoms.